The fourth-order valence-corrected chi connectivity index (χ4v) is 3.50. The summed E-state index contributed by atoms with van der Waals surface area (Å²) in [6.45, 7) is 6.05. The predicted molar refractivity (Wildman–Crippen MR) is 90.6 cm³/mol. The third-order valence-corrected chi connectivity index (χ3v) is 4.72. The Hall–Kier alpha value is -1.83. The molecule has 0 saturated carbocycles. The number of halogens is 2. The van der Waals surface area contributed by atoms with E-state index in [0.29, 0.717) is 13.0 Å². The molecule has 2 aliphatic heterocycles. The van der Waals surface area contributed by atoms with Gasteiger partial charge in [-0.3, -0.25) is 10.00 Å². The standard InChI is InChI=1S/C16H18F2N4O.C2H6/c17-10-1-2-13(18)12(3-10)16-14(19)4-11(8-23-16)22-6-9-5-20-21-15(9)7-22;1-2/h1-3,5,11,14,16H,4,6-8,19H2,(H,20,21);1-2H3/t11?,14?,16-;/m1./s1. The molecule has 0 radical (unpaired) electrons. The molecule has 0 amide bonds. The predicted octanol–water partition coefficient (Wildman–Crippen LogP) is 2.89. The Kier molecular flexibility index (Phi) is 5.46. The SMILES string of the molecule is CC.NC1CC(N2Cc3cn[nH]c3C2)CO[C@@H]1c1cc(F)ccc1F. The molecule has 1 aromatic heterocycles. The molecule has 7 heteroatoms. The van der Waals surface area contributed by atoms with Gasteiger partial charge in [0.2, 0.25) is 0 Å². The average molecular weight is 350 g/mol. The number of nitrogens with zero attached hydrogens (tertiary/aromatic N) is 2. The average Bonchev–Trinajstić information content (AvgIpc) is 3.21. The molecule has 2 aromatic rings. The number of hydrogen-bond donors (Lipinski definition) is 2. The van der Waals surface area contributed by atoms with Gasteiger partial charge in [0.05, 0.1) is 18.5 Å². The summed E-state index contributed by atoms with van der Waals surface area (Å²) < 4.78 is 33.1. The number of aromatic amines is 1. The molecule has 4 rings (SSSR count). The summed E-state index contributed by atoms with van der Waals surface area (Å²) in [5.41, 5.74) is 8.72. The maximum absolute atomic E-state index is 13.9. The Balaban J connectivity index is 0.000000880. The van der Waals surface area contributed by atoms with Gasteiger partial charge in [-0.15, -0.1) is 0 Å². The first-order chi connectivity index (χ1) is 12.1. The number of aromatic nitrogens is 2. The number of hydrogen-bond acceptors (Lipinski definition) is 4. The maximum atomic E-state index is 13.9. The number of nitrogens with two attached hydrogens (primary N) is 1. The monoisotopic (exact) mass is 350 g/mol. The van der Waals surface area contributed by atoms with Gasteiger partial charge < -0.3 is 10.5 Å². The van der Waals surface area contributed by atoms with E-state index < -0.39 is 17.7 Å². The Morgan fingerprint density at radius 1 is 1.28 bits per heavy atom. The van der Waals surface area contributed by atoms with Crippen molar-refractivity contribution >= 4 is 0 Å². The summed E-state index contributed by atoms with van der Waals surface area (Å²) in [6, 6.07) is 3.18. The molecular weight excluding hydrogens is 326 g/mol. The molecular formula is C18H24F2N4O. The van der Waals surface area contributed by atoms with Crippen LogP contribution < -0.4 is 5.73 Å². The van der Waals surface area contributed by atoms with Crippen LogP contribution in [-0.4, -0.2) is 33.8 Å². The van der Waals surface area contributed by atoms with Crippen LogP contribution in [0.4, 0.5) is 8.78 Å². The van der Waals surface area contributed by atoms with Gasteiger partial charge >= 0.3 is 0 Å². The van der Waals surface area contributed by atoms with E-state index in [2.05, 4.69) is 15.1 Å². The number of ether oxygens (including phenoxy) is 1. The first kappa shape index (κ1) is 18.0. The van der Waals surface area contributed by atoms with Crippen molar-refractivity contribution in [2.45, 2.75) is 51.5 Å². The summed E-state index contributed by atoms with van der Waals surface area (Å²) >= 11 is 0. The lowest BCUT2D eigenvalue weighted by molar-refractivity contribution is -0.0533. The van der Waals surface area contributed by atoms with Crippen LogP contribution in [0.1, 0.15) is 43.2 Å². The van der Waals surface area contributed by atoms with Crippen molar-refractivity contribution in [1.29, 1.82) is 0 Å². The molecule has 1 aromatic carbocycles. The summed E-state index contributed by atoms with van der Waals surface area (Å²) in [6.07, 6.45) is 1.91. The zero-order valence-corrected chi connectivity index (χ0v) is 14.5. The molecule has 25 heavy (non-hydrogen) atoms. The van der Waals surface area contributed by atoms with Crippen LogP contribution in [0.3, 0.4) is 0 Å². The third-order valence-electron chi connectivity index (χ3n) is 4.72. The Morgan fingerprint density at radius 3 is 2.80 bits per heavy atom. The van der Waals surface area contributed by atoms with Crippen LogP contribution >= 0.6 is 0 Å². The zero-order valence-electron chi connectivity index (χ0n) is 14.5. The van der Waals surface area contributed by atoms with E-state index in [1.807, 2.05) is 20.0 Å². The first-order valence-corrected chi connectivity index (χ1v) is 8.69. The van der Waals surface area contributed by atoms with E-state index >= 15 is 0 Å². The molecule has 1 fully saturated rings. The highest BCUT2D eigenvalue weighted by molar-refractivity contribution is 5.24. The number of nitrogens with one attached hydrogen (secondary N) is 1. The van der Waals surface area contributed by atoms with Crippen molar-refractivity contribution in [2.75, 3.05) is 6.61 Å². The summed E-state index contributed by atoms with van der Waals surface area (Å²) in [5, 5.41) is 7.01. The van der Waals surface area contributed by atoms with E-state index in [-0.39, 0.29) is 17.6 Å². The lowest BCUT2D eigenvalue weighted by Crippen LogP contribution is -2.47. The molecule has 0 aliphatic carbocycles. The zero-order chi connectivity index (χ0) is 18.0. The van der Waals surface area contributed by atoms with Gasteiger partial charge in [-0.2, -0.15) is 5.10 Å². The van der Waals surface area contributed by atoms with Gasteiger partial charge in [0.25, 0.3) is 0 Å². The Bertz CT molecular complexity index is 700. The topological polar surface area (TPSA) is 67.2 Å². The van der Waals surface area contributed by atoms with E-state index in [4.69, 9.17) is 10.5 Å². The van der Waals surface area contributed by atoms with E-state index in [9.17, 15) is 8.78 Å². The van der Waals surface area contributed by atoms with Gasteiger partial charge in [0, 0.05) is 36.3 Å². The van der Waals surface area contributed by atoms with Gasteiger partial charge in [0.1, 0.15) is 17.7 Å². The van der Waals surface area contributed by atoms with Crippen molar-refractivity contribution in [3.63, 3.8) is 0 Å². The second-order valence-electron chi connectivity index (χ2n) is 6.25. The van der Waals surface area contributed by atoms with Crippen molar-refractivity contribution in [1.82, 2.24) is 15.1 Å². The minimum atomic E-state index is -0.607. The van der Waals surface area contributed by atoms with E-state index in [1.54, 1.807) is 0 Å². The number of benzene rings is 1. The van der Waals surface area contributed by atoms with Crippen molar-refractivity contribution < 1.29 is 13.5 Å². The summed E-state index contributed by atoms with van der Waals surface area (Å²) in [5.74, 6) is -0.961. The van der Waals surface area contributed by atoms with Crippen LogP contribution in [0.5, 0.6) is 0 Å². The van der Waals surface area contributed by atoms with Crippen LogP contribution in [0.25, 0.3) is 0 Å². The van der Waals surface area contributed by atoms with Crippen molar-refractivity contribution in [3.8, 4) is 0 Å². The second kappa shape index (κ2) is 7.59. The molecule has 3 heterocycles. The van der Waals surface area contributed by atoms with Crippen LogP contribution in [0.2, 0.25) is 0 Å². The molecule has 5 nitrogen and oxygen atoms in total. The molecule has 0 bridgehead atoms. The summed E-state index contributed by atoms with van der Waals surface area (Å²) in [7, 11) is 0. The number of fused-ring (bicyclic) bond motifs is 1. The lowest BCUT2D eigenvalue weighted by Gasteiger charge is -2.38. The highest BCUT2D eigenvalue weighted by atomic mass is 19.1. The van der Waals surface area contributed by atoms with E-state index in [0.717, 1.165) is 30.9 Å². The van der Waals surface area contributed by atoms with Crippen LogP contribution in [0.15, 0.2) is 24.4 Å². The molecule has 2 unspecified atom stereocenters. The van der Waals surface area contributed by atoms with E-state index in [1.165, 1.54) is 11.6 Å². The normalized spacial score (nSPS) is 26.0. The van der Waals surface area contributed by atoms with Gasteiger partial charge in [-0.1, -0.05) is 13.8 Å². The van der Waals surface area contributed by atoms with Crippen molar-refractivity contribution in [3.05, 3.63) is 52.9 Å². The fraction of sp³-hybridized carbons (Fsp3) is 0.500. The first-order valence-electron chi connectivity index (χ1n) is 8.69. The summed E-state index contributed by atoms with van der Waals surface area (Å²) in [4.78, 5) is 2.28. The molecule has 1 saturated heterocycles. The fourth-order valence-electron chi connectivity index (χ4n) is 3.50. The Labute approximate surface area is 146 Å². The molecule has 3 atom stereocenters. The highest BCUT2D eigenvalue weighted by Gasteiger charge is 2.36. The number of H-pyrrole nitrogens is 1. The van der Waals surface area contributed by atoms with Gasteiger partial charge in [-0.05, 0) is 24.6 Å². The quantitative estimate of drug-likeness (QED) is 0.874. The molecule has 2 aliphatic rings. The third kappa shape index (κ3) is 3.58. The van der Waals surface area contributed by atoms with Crippen LogP contribution in [-0.2, 0) is 17.8 Å². The minimum Gasteiger partial charge on any atom is -0.370 e. The molecule has 0 spiro atoms. The van der Waals surface area contributed by atoms with Gasteiger partial charge in [0.15, 0.2) is 0 Å². The van der Waals surface area contributed by atoms with Crippen LogP contribution in [0, 0.1) is 11.6 Å². The number of rotatable bonds is 2. The highest BCUT2D eigenvalue weighted by Crippen LogP contribution is 2.33. The molecule has 136 valence electrons. The second-order valence-corrected chi connectivity index (χ2v) is 6.25. The maximum Gasteiger partial charge on any atom is 0.129 e. The minimum absolute atomic E-state index is 0.165. The smallest absolute Gasteiger partial charge is 0.129 e. The van der Waals surface area contributed by atoms with Crippen molar-refractivity contribution in [2.24, 2.45) is 5.73 Å². The Morgan fingerprint density at radius 2 is 2.08 bits per heavy atom. The largest absolute Gasteiger partial charge is 0.370 e. The van der Waals surface area contributed by atoms with Gasteiger partial charge in [-0.25, -0.2) is 8.78 Å². The molecule has 3 N–H and O–H groups in total. The lowest BCUT2D eigenvalue weighted by atomic mass is 9.93.